The van der Waals surface area contributed by atoms with Crippen LogP contribution in [0.25, 0.3) is 5.76 Å². The third-order valence-corrected chi connectivity index (χ3v) is 5.42. The maximum Gasteiger partial charge on any atom is 0.300 e. The number of amides is 1. The Hall–Kier alpha value is -4.37. The van der Waals surface area contributed by atoms with Gasteiger partial charge in [0.25, 0.3) is 11.7 Å². The van der Waals surface area contributed by atoms with Gasteiger partial charge in [-0.3, -0.25) is 14.5 Å². The molecule has 0 saturated carbocycles. The number of carbonyl (C=O) groups is 2. The summed E-state index contributed by atoms with van der Waals surface area (Å²) >= 11 is 0. The molecule has 1 aliphatic heterocycles. The fourth-order valence-electron chi connectivity index (χ4n) is 3.88. The van der Waals surface area contributed by atoms with Gasteiger partial charge in [0.2, 0.25) is 0 Å². The fraction of sp³-hybridized carbons (Fsp3) is 0.115. The second-order valence-corrected chi connectivity index (χ2v) is 7.47. The molecule has 0 aliphatic carbocycles. The van der Waals surface area contributed by atoms with Gasteiger partial charge in [-0.05, 0) is 48.9 Å². The van der Waals surface area contributed by atoms with Gasteiger partial charge in [0.15, 0.2) is 0 Å². The molecule has 1 aliphatic rings. The van der Waals surface area contributed by atoms with E-state index in [4.69, 9.17) is 10.00 Å². The molecule has 1 N–H and O–H groups in total. The number of nitrogens with zero attached hydrogens (tertiary/aromatic N) is 2. The van der Waals surface area contributed by atoms with Crippen molar-refractivity contribution in [1.82, 2.24) is 0 Å². The number of anilines is 1. The largest absolute Gasteiger partial charge is 0.507 e. The number of nitriles is 1. The van der Waals surface area contributed by atoms with E-state index < -0.39 is 17.7 Å². The average molecular weight is 424 g/mol. The maximum absolute atomic E-state index is 13.2. The first-order chi connectivity index (χ1) is 15.4. The standard InChI is InChI=1S/C26H20N2O4/c1-16-5-3-6-18(13-16)23-22(24(29)19-7-4-8-21(14-19)32-2)25(30)26(31)28(23)20-11-9-17(15-27)10-12-20/h3-14,23,29H,1-2H3/b24-22-. The maximum atomic E-state index is 13.2. The number of methoxy groups -OCH3 is 1. The molecule has 1 saturated heterocycles. The van der Waals surface area contributed by atoms with Crippen molar-refractivity contribution < 1.29 is 19.4 Å². The quantitative estimate of drug-likeness (QED) is 0.378. The predicted molar refractivity (Wildman–Crippen MR) is 120 cm³/mol. The molecule has 1 atom stereocenters. The molecule has 1 amide bonds. The zero-order valence-electron chi connectivity index (χ0n) is 17.6. The number of hydrogen-bond acceptors (Lipinski definition) is 5. The van der Waals surface area contributed by atoms with E-state index in [9.17, 15) is 14.7 Å². The van der Waals surface area contributed by atoms with Crippen LogP contribution in [-0.4, -0.2) is 23.9 Å². The van der Waals surface area contributed by atoms with Gasteiger partial charge >= 0.3 is 0 Å². The van der Waals surface area contributed by atoms with E-state index >= 15 is 0 Å². The Labute approximate surface area is 185 Å². The number of carbonyl (C=O) groups excluding carboxylic acids is 2. The van der Waals surface area contributed by atoms with Crippen molar-refractivity contribution >= 4 is 23.1 Å². The number of hydrogen-bond donors (Lipinski definition) is 1. The SMILES string of the molecule is COc1cccc(/C(O)=C2/C(=O)C(=O)N(c3ccc(C#N)cc3)C2c2cccc(C)c2)c1. The predicted octanol–water partition coefficient (Wildman–Crippen LogP) is 4.50. The molecule has 158 valence electrons. The van der Waals surface area contributed by atoms with Gasteiger partial charge in [0.05, 0.1) is 30.4 Å². The third kappa shape index (κ3) is 3.61. The molecule has 3 aromatic rings. The molecule has 4 rings (SSSR count). The highest BCUT2D eigenvalue weighted by Crippen LogP contribution is 2.42. The summed E-state index contributed by atoms with van der Waals surface area (Å²) in [5.74, 6) is -1.28. The van der Waals surface area contributed by atoms with E-state index in [-0.39, 0.29) is 11.3 Å². The molecule has 0 radical (unpaired) electrons. The molecular formula is C26H20N2O4. The molecule has 1 unspecified atom stereocenters. The molecule has 6 heteroatoms. The van der Waals surface area contributed by atoms with Gasteiger partial charge in [0.1, 0.15) is 11.5 Å². The van der Waals surface area contributed by atoms with Crippen LogP contribution in [0.4, 0.5) is 5.69 Å². The van der Waals surface area contributed by atoms with Crippen molar-refractivity contribution in [2.45, 2.75) is 13.0 Å². The van der Waals surface area contributed by atoms with E-state index in [0.717, 1.165) is 5.56 Å². The number of aryl methyl sites for hydroxylation is 1. The summed E-state index contributed by atoms with van der Waals surface area (Å²) in [6.07, 6.45) is 0. The summed E-state index contributed by atoms with van der Waals surface area (Å²) in [5, 5.41) is 20.3. The van der Waals surface area contributed by atoms with E-state index in [2.05, 4.69) is 0 Å². The Kier molecular flexibility index (Phi) is 5.48. The van der Waals surface area contributed by atoms with E-state index in [1.807, 2.05) is 37.3 Å². The van der Waals surface area contributed by atoms with Crippen molar-refractivity contribution in [3.05, 3.63) is 101 Å². The number of benzene rings is 3. The van der Waals surface area contributed by atoms with Crippen LogP contribution in [0.3, 0.4) is 0 Å². The Morgan fingerprint density at radius 3 is 2.41 bits per heavy atom. The molecule has 32 heavy (non-hydrogen) atoms. The fourth-order valence-corrected chi connectivity index (χ4v) is 3.88. The smallest absolute Gasteiger partial charge is 0.300 e. The number of aliphatic hydroxyl groups excluding tert-OH is 1. The molecule has 3 aromatic carbocycles. The van der Waals surface area contributed by atoms with Crippen LogP contribution in [0.1, 0.15) is 28.3 Å². The summed E-state index contributed by atoms with van der Waals surface area (Å²) in [6, 6.07) is 21.8. The van der Waals surface area contributed by atoms with Crippen molar-refractivity contribution in [1.29, 1.82) is 5.26 Å². The Bertz CT molecular complexity index is 1290. The number of ketones is 1. The minimum absolute atomic E-state index is 0.00165. The van der Waals surface area contributed by atoms with Gasteiger partial charge in [0, 0.05) is 11.3 Å². The van der Waals surface area contributed by atoms with Gasteiger partial charge in [-0.15, -0.1) is 0 Å². The summed E-state index contributed by atoms with van der Waals surface area (Å²) < 4.78 is 5.23. The van der Waals surface area contributed by atoms with E-state index in [1.54, 1.807) is 48.5 Å². The van der Waals surface area contributed by atoms with Crippen LogP contribution in [0.15, 0.2) is 78.4 Å². The summed E-state index contributed by atoms with van der Waals surface area (Å²) in [5.41, 5.74) is 2.92. The summed E-state index contributed by atoms with van der Waals surface area (Å²) in [7, 11) is 1.51. The summed E-state index contributed by atoms with van der Waals surface area (Å²) in [4.78, 5) is 27.7. The van der Waals surface area contributed by atoms with Crippen LogP contribution in [0, 0.1) is 18.3 Å². The van der Waals surface area contributed by atoms with Crippen molar-refractivity contribution in [2.75, 3.05) is 12.0 Å². The molecule has 0 spiro atoms. The first-order valence-corrected chi connectivity index (χ1v) is 9.96. The van der Waals surface area contributed by atoms with Crippen LogP contribution in [0.2, 0.25) is 0 Å². The highest BCUT2D eigenvalue weighted by atomic mass is 16.5. The molecule has 6 nitrogen and oxygen atoms in total. The lowest BCUT2D eigenvalue weighted by Crippen LogP contribution is -2.29. The highest BCUT2D eigenvalue weighted by molar-refractivity contribution is 6.51. The summed E-state index contributed by atoms with van der Waals surface area (Å²) in [6.45, 7) is 1.92. The molecule has 0 aromatic heterocycles. The minimum Gasteiger partial charge on any atom is -0.507 e. The topological polar surface area (TPSA) is 90.6 Å². The lowest BCUT2D eigenvalue weighted by atomic mass is 9.94. The Balaban J connectivity index is 1.94. The number of aliphatic hydroxyl groups is 1. The van der Waals surface area contributed by atoms with E-state index in [0.29, 0.717) is 28.1 Å². The highest BCUT2D eigenvalue weighted by Gasteiger charge is 2.47. The van der Waals surface area contributed by atoms with Crippen LogP contribution < -0.4 is 9.64 Å². The zero-order valence-corrected chi connectivity index (χ0v) is 17.6. The van der Waals surface area contributed by atoms with Gasteiger partial charge in [-0.25, -0.2) is 0 Å². The first kappa shape index (κ1) is 20.9. The van der Waals surface area contributed by atoms with Crippen LogP contribution in [0.5, 0.6) is 5.75 Å². The average Bonchev–Trinajstić information content (AvgIpc) is 3.09. The monoisotopic (exact) mass is 424 g/mol. The second kappa shape index (κ2) is 8.40. The molecule has 1 heterocycles. The van der Waals surface area contributed by atoms with Crippen LogP contribution >= 0.6 is 0 Å². The first-order valence-electron chi connectivity index (χ1n) is 9.96. The third-order valence-electron chi connectivity index (χ3n) is 5.42. The van der Waals surface area contributed by atoms with Crippen molar-refractivity contribution in [3.8, 4) is 11.8 Å². The van der Waals surface area contributed by atoms with Gasteiger partial charge < -0.3 is 9.84 Å². The Morgan fingerprint density at radius 1 is 1.03 bits per heavy atom. The lowest BCUT2D eigenvalue weighted by Gasteiger charge is -2.25. The van der Waals surface area contributed by atoms with Crippen LogP contribution in [-0.2, 0) is 9.59 Å². The molecule has 1 fully saturated rings. The minimum atomic E-state index is -0.825. The van der Waals surface area contributed by atoms with Crippen molar-refractivity contribution in [2.24, 2.45) is 0 Å². The molecule has 0 bridgehead atoms. The Morgan fingerprint density at radius 2 is 1.75 bits per heavy atom. The number of ether oxygens (including phenoxy) is 1. The zero-order chi connectivity index (χ0) is 22.8. The lowest BCUT2D eigenvalue weighted by molar-refractivity contribution is -0.132. The van der Waals surface area contributed by atoms with Gasteiger partial charge in [-0.2, -0.15) is 5.26 Å². The van der Waals surface area contributed by atoms with Crippen molar-refractivity contribution in [3.63, 3.8) is 0 Å². The second-order valence-electron chi connectivity index (χ2n) is 7.47. The molecular weight excluding hydrogens is 404 g/mol. The van der Waals surface area contributed by atoms with E-state index in [1.165, 1.54) is 12.0 Å². The normalized spacial score (nSPS) is 17.3. The number of rotatable bonds is 4. The van der Waals surface area contributed by atoms with Gasteiger partial charge in [-0.1, -0.05) is 42.0 Å². The number of Topliss-reactive ketones (excluding diaryl/α,β-unsaturated/α-hetero) is 1.